The lowest BCUT2D eigenvalue weighted by atomic mass is 9.79. The Morgan fingerprint density at radius 1 is 1.00 bits per heavy atom. The molecule has 1 amide bonds. The Kier molecular flexibility index (Phi) is 7.20. The summed E-state index contributed by atoms with van der Waals surface area (Å²) in [4.78, 5) is 20.2. The molecular weight excluding hydrogens is 338 g/mol. The molecule has 3 aliphatic rings. The molecular formula is C22H41N3O2. The van der Waals surface area contributed by atoms with Crippen molar-refractivity contribution in [3.63, 3.8) is 0 Å². The number of carbonyl (C=O) groups is 1. The Morgan fingerprint density at radius 2 is 1.67 bits per heavy atom. The molecule has 0 bridgehead atoms. The van der Waals surface area contributed by atoms with E-state index in [-0.39, 0.29) is 12.0 Å². The highest BCUT2D eigenvalue weighted by atomic mass is 16.5. The van der Waals surface area contributed by atoms with Crippen molar-refractivity contribution in [2.45, 2.75) is 71.5 Å². The van der Waals surface area contributed by atoms with Crippen LogP contribution in [0.3, 0.4) is 0 Å². The van der Waals surface area contributed by atoms with E-state index in [9.17, 15) is 4.79 Å². The Balaban J connectivity index is 1.53. The van der Waals surface area contributed by atoms with E-state index in [1.165, 1.54) is 25.7 Å². The van der Waals surface area contributed by atoms with Crippen LogP contribution < -0.4 is 0 Å². The summed E-state index contributed by atoms with van der Waals surface area (Å²) in [6.45, 7) is 14.5. The molecule has 5 heteroatoms. The van der Waals surface area contributed by atoms with Crippen molar-refractivity contribution in [2.75, 3.05) is 46.4 Å². The molecule has 5 nitrogen and oxygen atoms in total. The molecule has 1 atom stereocenters. The first-order valence-corrected chi connectivity index (χ1v) is 11.2. The molecule has 1 saturated carbocycles. The second-order valence-corrected chi connectivity index (χ2v) is 9.69. The molecule has 156 valence electrons. The van der Waals surface area contributed by atoms with Gasteiger partial charge in [0.1, 0.15) is 0 Å². The molecule has 0 aromatic carbocycles. The van der Waals surface area contributed by atoms with E-state index in [4.69, 9.17) is 4.74 Å². The fourth-order valence-electron chi connectivity index (χ4n) is 5.29. The molecule has 0 unspecified atom stereocenters. The number of likely N-dealkylation sites (tertiary alicyclic amines) is 1. The van der Waals surface area contributed by atoms with Crippen LogP contribution in [0.4, 0.5) is 0 Å². The number of rotatable bonds is 6. The highest BCUT2D eigenvalue weighted by Gasteiger charge is 2.41. The standard InChI is InChI=1S/C22H41N3O2/c1-16(2)18-6-8-20(9-7-18)23-10-11-25(21(14-23)15-27-5)22(26)19-12-24(13-19)17(3)4/h16-21H,6-15H2,1-5H3/t18?,20?,21-/m0/s1. The van der Waals surface area contributed by atoms with Gasteiger partial charge in [-0.15, -0.1) is 0 Å². The fraction of sp³-hybridized carbons (Fsp3) is 0.955. The number of amides is 1. The molecule has 1 aliphatic carbocycles. The third kappa shape index (κ3) is 4.86. The van der Waals surface area contributed by atoms with Gasteiger partial charge in [-0.25, -0.2) is 0 Å². The molecule has 2 heterocycles. The SMILES string of the molecule is COC[C@@H]1CN(C2CCC(C(C)C)CC2)CCN1C(=O)C1CN(C(C)C)C1. The minimum atomic E-state index is 0.194. The first kappa shape index (κ1) is 21.1. The lowest BCUT2D eigenvalue weighted by Crippen LogP contribution is -2.64. The summed E-state index contributed by atoms with van der Waals surface area (Å²) < 4.78 is 5.51. The van der Waals surface area contributed by atoms with Gasteiger partial charge in [-0.3, -0.25) is 14.6 Å². The van der Waals surface area contributed by atoms with Gasteiger partial charge in [-0.2, -0.15) is 0 Å². The predicted molar refractivity (Wildman–Crippen MR) is 110 cm³/mol. The van der Waals surface area contributed by atoms with Crippen LogP contribution >= 0.6 is 0 Å². The van der Waals surface area contributed by atoms with Gasteiger partial charge in [0, 0.05) is 51.9 Å². The Morgan fingerprint density at radius 3 is 2.22 bits per heavy atom. The summed E-state index contributed by atoms with van der Waals surface area (Å²) in [6, 6.07) is 1.46. The third-order valence-electron chi connectivity index (χ3n) is 7.35. The Bertz CT molecular complexity index is 482. The predicted octanol–water partition coefficient (Wildman–Crippen LogP) is 2.70. The van der Waals surface area contributed by atoms with E-state index in [2.05, 4.69) is 42.4 Å². The average Bonchev–Trinajstić information content (AvgIpc) is 2.60. The number of piperazine rings is 1. The maximum Gasteiger partial charge on any atom is 0.228 e. The maximum absolute atomic E-state index is 13.1. The smallest absolute Gasteiger partial charge is 0.228 e. The van der Waals surface area contributed by atoms with E-state index < -0.39 is 0 Å². The zero-order valence-corrected chi connectivity index (χ0v) is 18.2. The van der Waals surface area contributed by atoms with Crippen LogP contribution in [0.2, 0.25) is 0 Å². The first-order chi connectivity index (χ1) is 12.9. The number of carbonyl (C=O) groups excluding carboxylic acids is 1. The number of hydrogen-bond donors (Lipinski definition) is 0. The topological polar surface area (TPSA) is 36.0 Å². The van der Waals surface area contributed by atoms with Gasteiger partial charge in [-0.1, -0.05) is 13.8 Å². The van der Waals surface area contributed by atoms with Crippen LogP contribution in [0, 0.1) is 17.8 Å². The third-order valence-corrected chi connectivity index (χ3v) is 7.35. The highest BCUT2D eigenvalue weighted by Crippen LogP contribution is 2.33. The minimum absolute atomic E-state index is 0.194. The number of ether oxygens (including phenoxy) is 1. The van der Waals surface area contributed by atoms with Crippen molar-refractivity contribution >= 4 is 5.91 Å². The van der Waals surface area contributed by atoms with E-state index in [1.807, 2.05) is 0 Å². The number of nitrogens with zero attached hydrogens (tertiary/aromatic N) is 3. The van der Waals surface area contributed by atoms with Gasteiger partial charge in [0.2, 0.25) is 5.91 Å². The summed E-state index contributed by atoms with van der Waals surface area (Å²) in [7, 11) is 1.76. The number of methoxy groups -OCH3 is 1. The first-order valence-electron chi connectivity index (χ1n) is 11.2. The van der Waals surface area contributed by atoms with Crippen LogP contribution in [0.25, 0.3) is 0 Å². The molecule has 0 aromatic heterocycles. The molecule has 0 radical (unpaired) electrons. The van der Waals surface area contributed by atoms with Crippen LogP contribution in [-0.4, -0.2) is 85.2 Å². The minimum Gasteiger partial charge on any atom is -0.382 e. The molecule has 2 aliphatic heterocycles. The lowest BCUT2D eigenvalue weighted by molar-refractivity contribution is -0.149. The van der Waals surface area contributed by atoms with Crippen molar-refractivity contribution in [1.29, 1.82) is 0 Å². The Labute approximate surface area is 166 Å². The maximum atomic E-state index is 13.1. The van der Waals surface area contributed by atoms with Crippen molar-refractivity contribution in [2.24, 2.45) is 17.8 Å². The van der Waals surface area contributed by atoms with E-state index >= 15 is 0 Å². The Hall–Kier alpha value is -0.650. The van der Waals surface area contributed by atoms with E-state index in [0.29, 0.717) is 24.6 Å². The van der Waals surface area contributed by atoms with Gasteiger partial charge in [0.05, 0.1) is 18.6 Å². The van der Waals surface area contributed by atoms with Crippen molar-refractivity contribution in [3.8, 4) is 0 Å². The van der Waals surface area contributed by atoms with Crippen molar-refractivity contribution < 1.29 is 9.53 Å². The van der Waals surface area contributed by atoms with Crippen molar-refractivity contribution in [3.05, 3.63) is 0 Å². The van der Waals surface area contributed by atoms with Gasteiger partial charge < -0.3 is 9.64 Å². The van der Waals surface area contributed by atoms with Gasteiger partial charge in [0.25, 0.3) is 0 Å². The largest absolute Gasteiger partial charge is 0.382 e. The molecule has 3 rings (SSSR count). The average molecular weight is 380 g/mol. The fourth-order valence-corrected chi connectivity index (χ4v) is 5.29. The summed E-state index contributed by atoms with van der Waals surface area (Å²) in [6.07, 6.45) is 5.37. The second-order valence-electron chi connectivity index (χ2n) is 9.69. The molecule has 0 N–H and O–H groups in total. The zero-order valence-electron chi connectivity index (χ0n) is 18.2. The molecule has 27 heavy (non-hydrogen) atoms. The summed E-state index contributed by atoms with van der Waals surface area (Å²) in [5.41, 5.74) is 0. The molecule has 3 fully saturated rings. The quantitative estimate of drug-likeness (QED) is 0.711. The highest BCUT2D eigenvalue weighted by molar-refractivity contribution is 5.80. The van der Waals surface area contributed by atoms with Crippen molar-refractivity contribution in [1.82, 2.24) is 14.7 Å². The van der Waals surface area contributed by atoms with Gasteiger partial charge in [0.15, 0.2) is 0 Å². The van der Waals surface area contributed by atoms with Crippen LogP contribution in [0.5, 0.6) is 0 Å². The summed E-state index contributed by atoms with van der Waals surface area (Å²) in [5, 5.41) is 0. The second kappa shape index (κ2) is 9.23. The van der Waals surface area contributed by atoms with Gasteiger partial charge in [-0.05, 0) is 51.4 Å². The van der Waals surface area contributed by atoms with Crippen LogP contribution in [-0.2, 0) is 9.53 Å². The van der Waals surface area contributed by atoms with Crippen LogP contribution in [0.1, 0.15) is 53.4 Å². The summed E-state index contributed by atoms with van der Waals surface area (Å²) >= 11 is 0. The van der Waals surface area contributed by atoms with E-state index in [1.54, 1.807) is 7.11 Å². The monoisotopic (exact) mass is 379 g/mol. The number of hydrogen-bond acceptors (Lipinski definition) is 4. The normalized spacial score (nSPS) is 31.5. The summed E-state index contributed by atoms with van der Waals surface area (Å²) in [5.74, 6) is 2.27. The molecule has 0 aromatic rings. The van der Waals surface area contributed by atoms with E-state index in [0.717, 1.165) is 44.6 Å². The zero-order chi connectivity index (χ0) is 19.6. The molecule has 0 spiro atoms. The van der Waals surface area contributed by atoms with Crippen LogP contribution in [0.15, 0.2) is 0 Å². The van der Waals surface area contributed by atoms with Gasteiger partial charge >= 0.3 is 0 Å². The lowest BCUT2D eigenvalue weighted by Gasteiger charge is -2.49. The molecule has 2 saturated heterocycles.